The Bertz CT molecular complexity index is 494. The Morgan fingerprint density at radius 3 is 1.39 bits per heavy atom. The number of hydrogen-bond acceptors (Lipinski definition) is 5. The largest absolute Gasteiger partial charge is 0.314 e. The molecule has 0 amide bonds. The van der Waals surface area contributed by atoms with Crippen LogP contribution in [0.4, 0.5) is 0 Å². The first-order chi connectivity index (χ1) is 15.0. The third-order valence-electron chi connectivity index (χ3n) is 6.62. The van der Waals surface area contributed by atoms with Crippen LogP contribution in [-0.2, 0) is 0 Å². The lowest BCUT2D eigenvalue weighted by Crippen LogP contribution is -2.49. The molecule has 0 aromatic rings. The Morgan fingerprint density at radius 2 is 1.00 bits per heavy atom. The molecule has 1 N–H and O–H groups in total. The van der Waals surface area contributed by atoms with Crippen molar-refractivity contribution in [2.75, 3.05) is 65.7 Å². The molecule has 0 atom stereocenters. The minimum atomic E-state index is -0.0843. The van der Waals surface area contributed by atoms with Gasteiger partial charge in [-0.15, -0.1) is 0 Å². The molecule has 0 aromatic heterocycles. The molecule has 0 aliphatic rings. The van der Waals surface area contributed by atoms with E-state index >= 15 is 0 Å². The van der Waals surface area contributed by atoms with Gasteiger partial charge in [0.15, 0.2) is 0 Å². The van der Waals surface area contributed by atoms with Crippen molar-refractivity contribution in [3.8, 4) is 0 Å². The summed E-state index contributed by atoms with van der Waals surface area (Å²) in [7, 11) is -0.0843. The molecule has 0 saturated carbocycles. The standard InChI is InChI=1S/C27H62N5P/c1-23(2)29(17-15-28-16-18-31(24(3)4)26(7,8)9)19-20-30(33(13)14)21-22-32(25(5)6)27(10,11)12/h23-25,28H,15-22H2,1-14H3. The predicted octanol–water partition coefficient (Wildman–Crippen LogP) is 5.26. The average Bonchev–Trinajstić information content (AvgIpc) is 2.61. The summed E-state index contributed by atoms with van der Waals surface area (Å²) in [6.07, 6.45) is 0. The monoisotopic (exact) mass is 487 g/mol. The minimum absolute atomic E-state index is 0.0843. The van der Waals surface area contributed by atoms with E-state index in [-0.39, 0.29) is 19.2 Å². The van der Waals surface area contributed by atoms with Crippen molar-refractivity contribution in [3.63, 3.8) is 0 Å². The zero-order chi connectivity index (χ0) is 26.0. The van der Waals surface area contributed by atoms with E-state index in [2.05, 4.69) is 121 Å². The van der Waals surface area contributed by atoms with Crippen molar-refractivity contribution in [3.05, 3.63) is 0 Å². The van der Waals surface area contributed by atoms with E-state index < -0.39 is 0 Å². The van der Waals surface area contributed by atoms with Crippen molar-refractivity contribution in [1.29, 1.82) is 0 Å². The van der Waals surface area contributed by atoms with Crippen LogP contribution in [0.5, 0.6) is 0 Å². The molecule has 0 aliphatic heterocycles. The summed E-state index contributed by atoms with van der Waals surface area (Å²) in [6.45, 7) is 41.7. The topological polar surface area (TPSA) is 25.0 Å². The molecule has 6 heteroatoms. The lowest BCUT2D eigenvalue weighted by molar-refractivity contribution is 0.0917. The van der Waals surface area contributed by atoms with Gasteiger partial charge < -0.3 is 5.32 Å². The molecule has 200 valence electrons. The SMILES string of the molecule is CC(C)N(CCNCCN(C(C)C)C(C)(C)C)CCN(CCN(C(C)C)C(C)(C)C)P(C)C. The van der Waals surface area contributed by atoms with Crippen molar-refractivity contribution < 1.29 is 0 Å². The third kappa shape index (κ3) is 13.8. The van der Waals surface area contributed by atoms with Crippen molar-refractivity contribution in [2.45, 2.75) is 112 Å². The van der Waals surface area contributed by atoms with Gasteiger partial charge in [0.1, 0.15) is 0 Å². The maximum absolute atomic E-state index is 3.71. The third-order valence-corrected chi connectivity index (χ3v) is 8.15. The summed E-state index contributed by atoms with van der Waals surface area (Å²) in [5.41, 5.74) is 0.442. The van der Waals surface area contributed by atoms with Crippen LogP contribution in [0.2, 0.25) is 0 Å². The fourth-order valence-corrected chi connectivity index (χ4v) is 5.87. The second-order valence-electron chi connectivity index (χ2n) is 12.6. The lowest BCUT2D eigenvalue weighted by atomic mass is 10.0. The molecule has 0 heterocycles. The number of hydrogen-bond donors (Lipinski definition) is 1. The Hall–Kier alpha value is 0.230. The summed E-state index contributed by atoms with van der Waals surface area (Å²) < 4.78 is 2.73. The fourth-order valence-electron chi connectivity index (χ4n) is 4.89. The highest BCUT2D eigenvalue weighted by Crippen LogP contribution is 2.31. The molecule has 0 saturated heterocycles. The van der Waals surface area contributed by atoms with E-state index in [1.807, 2.05) is 0 Å². The van der Waals surface area contributed by atoms with Gasteiger partial charge in [0.05, 0.1) is 0 Å². The Morgan fingerprint density at radius 1 is 0.576 bits per heavy atom. The van der Waals surface area contributed by atoms with Crippen LogP contribution >= 0.6 is 8.07 Å². The first-order valence-corrected chi connectivity index (χ1v) is 15.6. The average molecular weight is 488 g/mol. The Balaban J connectivity index is 4.65. The summed E-state index contributed by atoms with van der Waals surface area (Å²) in [4.78, 5) is 7.87. The minimum Gasteiger partial charge on any atom is -0.314 e. The molecule has 0 fully saturated rings. The van der Waals surface area contributed by atoms with Gasteiger partial charge >= 0.3 is 0 Å². The molecule has 0 bridgehead atoms. The Labute approximate surface area is 210 Å². The highest BCUT2D eigenvalue weighted by molar-refractivity contribution is 7.53. The van der Waals surface area contributed by atoms with E-state index in [1.54, 1.807) is 0 Å². The summed E-state index contributed by atoms with van der Waals surface area (Å²) in [5, 5.41) is 3.71. The second-order valence-corrected chi connectivity index (χ2v) is 14.9. The first-order valence-electron chi connectivity index (χ1n) is 13.4. The molecule has 0 spiro atoms. The molecule has 0 unspecified atom stereocenters. The van der Waals surface area contributed by atoms with E-state index in [9.17, 15) is 0 Å². The molecule has 0 aromatic carbocycles. The van der Waals surface area contributed by atoms with E-state index in [1.165, 1.54) is 0 Å². The number of rotatable bonds is 16. The van der Waals surface area contributed by atoms with Gasteiger partial charge in [-0.1, -0.05) is 0 Å². The van der Waals surface area contributed by atoms with Gasteiger partial charge in [0.2, 0.25) is 0 Å². The molecule has 0 aliphatic carbocycles. The zero-order valence-corrected chi connectivity index (χ0v) is 26.0. The van der Waals surface area contributed by atoms with E-state index in [4.69, 9.17) is 0 Å². The van der Waals surface area contributed by atoms with Crippen LogP contribution < -0.4 is 5.32 Å². The number of nitrogens with zero attached hydrogens (tertiary/aromatic N) is 4. The zero-order valence-electron chi connectivity index (χ0n) is 25.1. The first kappa shape index (κ1) is 33.2. The van der Waals surface area contributed by atoms with Crippen molar-refractivity contribution in [1.82, 2.24) is 24.7 Å². The van der Waals surface area contributed by atoms with Crippen molar-refractivity contribution in [2.24, 2.45) is 0 Å². The molecule has 0 radical (unpaired) electrons. The lowest BCUT2D eigenvalue weighted by Gasteiger charge is -2.41. The Kier molecular flexibility index (Phi) is 15.5. The van der Waals surface area contributed by atoms with Crippen LogP contribution in [0.25, 0.3) is 0 Å². The summed E-state index contributed by atoms with van der Waals surface area (Å²) >= 11 is 0. The van der Waals surface area contributed by atoms with E-state index in [0.29, 0.717) is 18.1 Å². The second kappa shape index (κ2) is 15.4. The molecule has 33 heavy (non-hydrogen) atoms. The maximum Gasteiger partial charge on any atom is 0.0150 e. The van der Waals surface area contributed by atoms with Crippen LogP contribution in [0.15, 0.2) is 0 Å². The summed E-state index contributed by atoms with van der Waals surface area (Å²) in [5.74, 6) is 0. The van der Waals surface area contributed by atoms with Crippen LogP contribution in [0, 0.1) is 0 Å². The van der Waals surface area contributed by atoms with Crippen LogP contribution in [0.3, 0.4) is 0 Å². The predicted molar refractivity (Wildman–Crippen MR) is 153 cm³/mol. The van der Waals surface area contributed by atoms with Gasteiger partial charge in [0, 0.05) is 81.6 Å². The van der Waals surface area contributed by atoms with Crippen LogP contribution in [0.1, 0.15) is 83.1 Å². The smallest absolute Gasteiger partial charge is 0.0150 e. The van der Waals surface area contributed by atoms with E-state index in [0.717, 1.165) is 52.4 Å². The number of nitrogens with one attached hydrogen (secondary N) is 1. The summed E-state index contributed by atoms with van der Waals surface area (Å²) in [6, 6.07) is 1.74. The van der Waals surface area contributed by atoms with Gasteiger partial charge in [-0.25, -0.2) is 0 Å². The quantitative estimate of drug-likeness (QED) is 0.236. The highest BCUT2D eigenvalue weighted by Gasteiger charge is 2.25. The van der Waals surface area contributed by atoms with Gasteiger partial charge in [-0.3, -0.25) is 19.4 Å². The normalized spacial score (nSPS) is 14.0. The molecule has 0 rings (SSSR count). The van der Waals surface area contributed by atoms with Crippen molar-refractivity contribution >= 4 is 8.07 Å². The van der Waals surface area contributed by atoms with Crippen LogP contribution in [-0.4, -0.2) is 114 Å². The molecular formula is C27H62N5P. The maximum atomic E-state index is 3.71. The van der Waals surface area contributed by atoms with Gasteiger partial charge in [-0.2, -0.15) is 0 Å². The molecule has 5 nitrogen and oxygen atoms in total. The highest BCUT2D eigenvalue weighted by atomic mass is 31.1. The fraction of sp³-hybridized carbons (Fsp3) is 1.00. The van der Waals surface area contributed by atoms with Gasteiger partial charge in [0.25, 0.3) is 0 Å². The molecular weight excluding hydrogens is 425 g/mol. The van der Waals surface area contributed by atoms with Gasteiger partial charge in [-0.05, 0) is 104 Å².